The SMILES string of the molecule is COC(=O)[C@@H](Cc1ccccc1Cl)NC(=O)[C@H](NC(C)=O)C(C)C. The van der Waals surface area contributed by atoms with Crippen molar-refractivity contribution in [2.24, 2.45) is 5.92 Å². The number of hydrogen-bond donors (Lipinski definition) is 2. The predicted molar refractivity (Wildman–Crippen MR) is 91.5 cm³/mol. The van der Waals surface area contributed by atoms with Crippen molar-refractivity contribution in [1.82, 2.24) is 10.6 Å². The van der Waals surface area contributed by atoms with Gasteiger partial charge in [-0.25, -0.2) is 4.79 Å². The number of halogens is 1. The van der Waals surface area contributed by atoms with Crippen LogP contribution in [0.4, 0.5) is 0 Å². The second kappa shape index (κ2) is 9.27. The first kappa shape index (κ1) is 20.0. The first-order valence-electron chi connectivity index (χ1n) is 7.65. The molecule has 0 saturated heterocycles. The third-order valence-electron chi connectivity index (χ3n) is 3.49. The molecule has 132 valence electrons. The van der Waals surface area contributed by atoms with Gasteiger partial charge in [-0.05, 0) is 17.5 Å². The Balaban J connectivity index is 2.93. The Morgan fingerprint density at radius 2 is 1.79 bits per heavy atom. The second-order valence-electron chi connectivity index (χ2n) is 5.80. The van der Waals surface area contributed by atoms with E-state index in [2.05, 4.69) is 10.6 Å². The summed E-state index contributed by atoms with van der Waals surface area (Å²) in [5.41, 5.74) is 0.718. The summed E-state index contributed by atoms with van der Waals surface area (Å²) in [6.45, 7) is 4.95. The zero-order chi connectivity index (χ0) is 18.3. The second-order valence-corrected chi connectivity index (χ2v) is 6.21. The van der Waals surface area contributed by atoms with Gasteiger partial charge in [-0.1, -0.05) is 43.6 Å². The van der Waals surface area contributed by atoms with Gasteiger partial charge in [0.05, 0.1) is 7.11 Å². The molecule has 0 saturated carbocycles. The maximum atomic E-state index is 12.5. The molecule has 2 N–H and O–H groups in total. The Morgan fingerprint density at radius 3 is 2.29 bits per heavy atom. The minimum absolute atomic E-state index is 0.132. The number of hydrogen-bond acceptors (Lipinski definition) is 4. The number of rotatable bonds is 7. The van der Waals surface area contributed by atoms with E-state index in [0.717, 1.165) is 5.56 Å². The molecule has 0 radical (unpaired) electrons. The molecule has 24 heavy (non-hydrogen) atoms. The molecule has 0 unspecified atom stereocenters. The van der Waals surface area contributed by atoms with E-state index in [1.165, 1.54) is 14.0 Å². The lowest BCUT2D eigenvalue weighted by Gasteiger charge is -2.24. The highest BCUT2D eigenvalue weighted by atomic mass is 35.5. The topological polar surface area (TPSA) is 84.5 Å². The molecule has 0 aliphatic rings. The molecule has 1 aromatic carbocycles. The van der Waals surface area contributed by atoms with Crippen molar-refractivity contribution in [3.05, 3.63) is 34.9 Å². The Bertz CT molecular complexity index is 604. The summed E-state index contributed by atoms with van der Waals surface area (Å²) >= 11 is 6.11. The number of nitrogens with one attached hydrogen (secondary N) is 2. The summed E-state index contributed by atoms with van der Waals surface area (Å²) in [4.78, 5) is 35.7. The standard InChI is InChI=1S/C17H23ClN2O4/c1-10(2)15(19-11(3)21)16(22)20-14(17(23)24-4)9-12-7-5-6-8-13(12)18/h5-8,10,14-15H,9H2,1-4H3,(H,19,21)(H,20,22)/t14-,15-/m1/s1. The van der Waals surface area contributed by atoms with Crippen LogP contribution in [0.2, 0.25) is 5.02 Å². The average molecular weight is 355 g/mol. The molecule has 0 bridgehead atoms. The summed E-state index contributed by atoms with van der Waals surface area (Å²) < 4.78 is 4.76. The molecule has 0 fully saturated rings. The highest BCUT2D eigenvalue weighted by Gasteiger charge is 2.29. The van der Waals surface area contributed by atoms with Gasteiger partial charge in [-0.2, -0.15) is 0 Å². The Hall–Kier alpha value is -2.08. The molecule has 1 rings (SSSR count). The molecule has 2 amide bonds. The lowest BCUT2D eigenvalue weighted by Crippen LogP contribution is -2.54. The van der Waals surface area contributed by atoms with Crippen LogP contribution in [-0.4, -0.2) is 37.0 Å². The number of carbonyl (C=O) groups is 3. The minimum atomic E-state index is -0.891. The van der Waals surface area contributed by atoms with E-state index < -0.39 is 24.0 Å². The van der Waals surface area contributed by atoms with Crippen LogP contribution in [0.5, 0.6) is 0 Å². The van der Waals surface area contributed by atoms with Crippen molar-refractivity contribution in [2.45, 2.75) is 39.3 Å². The molecule has 0 aliphatic carbocycles. The van der Waals surface area contributed by atoms with Gasteiger partial charge >= 0.3 is 5.97 Å². The van der Waals surface area contributed by atoms with Gasteiger partial charge in [0, 0.05) is 18.4 Å². The highest BCUT2D eigenvalue weighted by molar-refractivity contribution is 6.31. The number of esters is 1. The lowest BCUT2D eigenvalue weighted by molar-refractivity contribution is -0.145. The number of carbonyl (C=O) groups excluding carboxylic acids is 3. The van der Waals surface area contributed by atoms with E-state index in [-0.39, 0.29) is 18.2 Å². The van der Waals surface area contributed by atoms with Crippen LogP contribution in [0.15, 0.2) is 24.3 Å². The Labute approximate surface area is 146 Å². The van der Waals surface area contributed by atoms with Gasteiger partial charge < -0.3 is 15.4 Å². The van der Waals surface area contributed by atoms with Crippen LogP contribution in [0.1, 0.15) is 26.3 Å². The molecule has 6 nitrogen and oxygen atoms in total. The monoisotopic (exact) mass is 354 g/mol. The maximum Gasteiger partial charge on any atom is 0.328 e. The predicted octanol–water partition coefficient (Wildman–Crippen LogP) is 1.70. The van der Waals surface area contributed by atoms with Gasteiger partial charge in [0.25, 0.3) is 0 Å². The molecular weight excluding hydrogens is 332 g/mol. The van der Waals surface area contributed by atoms with Crippen molar-refractivity contribution >= 4 is 29.4 Å². The van der Waals surface area contributed by atoms with E-state index in [1.54, 1.807) is 38.1 Å². The largest absolute Gasteiger partial charge is 0.467 e. The smallest absolute Gasteiger partial charge is 0.328 e. The molecule has 0 aliphatic heterocycles. The summed E-state index contributed by atoms with van der Waals surface area (Å²) in [6.07, 6.45) is 0.197. The molecule has 1 aromatic rings. The fourth-order valence-corrected chi connectivity index (χ4v) is 2.45. The molecule has 2 atom stereocenters. The summed E-state index contributed by atoms with van der Waals surface area (Å²) in [6, 6.07) is 5.44. The zero-order valence-corrected chi connectivity index (χ0v) is 15.0. The quantitative estimate of drug-likeness (QED) is 0.730. The number of amides is 2. The molecule has 0 heterocycles. The Morgan fingerprint density at radius 1 is 1.17 bits per heavy atom. The fourth-order valence-electron chi connectivity index (χ4n) is 2.23. The Kier molecular flexibility index (Phi) is 7.71. The maximum absolute atomic E-state index is 12.5. The van der Waals surface area contributed by atoms with E-state index in [0.29, 0.717) is 5.02 Å². The summed E-state index contributed by atoms with van der Waals surface area (Å²) in [7, 11) is 1.25. The molecule has 7 heteroatoms. The van der Waals surface area contributed by atoms with Crippen LogP contribution in [0, 0.1) is 5.92 Å². The molecule has 0 spiro atoms. The first-order chi connectivity index (χ1) is 11.3. The highest BCUT2D eigenvalue weighted by Crippen LogP contribution is 2.17. The summed E-state index contributed by atoms with van der Waals surface area (Å²) in [5.74, 6) is -1.46. The number of benzene rings is 1. The van der Waals surface area contributed by atoms with Gasteiger partial charge in [0.1, 0.15) is 12.1 Å². The number of ether oxygens (including phenoxy) is 1. The van der Waals surface area contributed by atoms with Gasteiger partial charge in [0.15, 0.2) is 0 Å². The van der Waals surface area contributed by atoms with Crippen molar-refractivity contribution in [3.8, 4) is 0 Å². The third-order valence-corrected chi connectivity index (χ3v) is 3.86. The van der Waals surface area contributed by atoms with Crippen LogP contribution in [0.25, 0.3) is 0 Å². The molecular formula is C17H23ClN2O4. The first-order valence-corrected chi connectivity index (χ1v) is 8.02. The van der Waals surface area contributed by atoms with Crippen LogP contribution < -0.4 is 10.6 Å². The number of methoxy groups -OCH3 is 1. The van der Waals surface area contributed by atoms with Crippen molar-refractivity contribution in [2.75, 3.05) is 7.11 Å². The van der Waals surface area contributed by atoms with Crippen LogP contribution in [0.3, 0.4) is 0 Å². The van der Waals surface area contributed by atoms with E-state index in [1.807, 2.05) is 0 Å². The third kappa shape index (κ3) is 5.85. The van der Waals surface area contributed by atoms with Gasteiger partial charge in [-0.3, -0.25) is 9.59 Å². The van der Waals surface area contributed by atoms with Gasteiger partial charge in [-0.15, -0.1) is 0 Å². The van der Waals surface area contributed by atoms with Crippen LogP contribution in [-0.2, 0) is 25.5 Å². The van der Waals surface area contributed by atoms with E-state index >= 15 is 0 Å². The minimum Gasteiger partial charge on any atom is -0.467 e. The van der Waals surface area contributed by atoms with Crippen molar-refractivity contribution < 1.29 is 19.1 Å². The van der Waals surface area contributed by atoms with E-state index in [9.17, 15) is 14.4 Å². The lowest BCUT2D eigenvalue weighted by atomic mass is 10.0. The van der Waals surface area contributed by atoms with Gasteiger partial charge in [0.2, 0.25) is 11.8 Å². The average Bonchev–Trinajstić information content (AvgIpc) is 2.52. The van der Waals surface area contributed by atoms with Crippen LogP contribution >= 0.6 is 11.6 Å². The van der Waals surface area contributed by atoms with Crippen molar-refractivity contribution in [1.29, 1.82) is 0 Å². The normalized spacial score (nSPS) is 13.1. The van der Waals surface area contributed by atoms with Crippen molar-refractivity contribution in [3.63, 3.8) is 0 Å². The fraction of sp³-hybridized carbons (Fsp3) is 0.471. The molecule has 0 aromatic heterocycles. The zero-order valence-electron chi connectivity index (χ0n) is 14.3. The summed E-state index contributed by atoms with van der Waals surface area (Å²) in [5, 5.41) is 5.73. The van der Waals surface area contributed by atoms with E-state index in [4.69, 9.17) is 16.3 Å².